The quantitative estimate of drug-likeness (QED) is 0.872. The molecule has 0 aromatic heterocycles. The summed E-state index contributed by atoms with van der Waals surface area (Å²) in [6.07, 6.45) is 4.21. The number of rotatable bonds is 5. The molecular weight excluding hydrogens is 334 g/mol. The summed E-state index contributed by atoms with van der Waals surface area (Å²) in [6.45, 7) is 5.35. The zero-order chi connectivity index (χ0) is 16.9. The van der Waals surface area contributed by atoms with Gasteiger partial charge in [-0.05, 0) is 31.0 Å². The van der Waals surface area contributed by atoms with Crippen LogP contribution in [0.2, 0.25) is 5.02 Å². The lowest BCUT2D eigenvalue weighted by atomic mass is 10.2. The molecule has 1 heterocycles. The highest BCUT2D eigenvalue weighted by molar-refractivity contribution is 7.89. The van der Waals surface area contributed by atoms with E-state index < -0.39 is 10.0 Å². The molecule has 0 atom stereocenters. The fourth-order valence-electron chi connectivity index (χ4n) is 2.60. The number of amidine groups is 1. The van der Waals surface area contributed by atoms with Crippen LogP contribution in [0.25, 0.3) is 0 Å². The van der Waals surface area contributed by atoms with E-state index in [1.54, 1.807) is 18.2 Å². The van der Waals surface area contributed by atoms with Crippen molar-refractivity contribution in [3.05, 3.63) is 23.2 Å². The first kappa shape index (κ1) is 18.2. The Morgan fingerprint density at radius 1 is 1.22 bits per heavy atom. The maximum atomic E-state index is 12.6. The molecule has 1 aliphatic rings. The summed E-state index contributed by atoms with van der Waals surface area (Å²) in [5.41, 5.74) is 0.598. The predicted molar refractivity (Wildman–Crippen MR) is 96.0 cm³/mol. The van der Waals surface area contributed by atoms with Crippen LogP contribution >= 0.6 is 11.6 Å². The SMILES string of the molecule is CCN(CC)S(=O)(=O)c1ccc(Cl)c(NC2=NCCCCC2)c1. The van der Waals surface area contributed by atoms with Crippen LogP contribution in [-0.4, -0.2) is 38.2 Å². The van der Waals surface area contributed by atoms with Crippen LogP contribution in [0.3, 0.4) is 0 Å². The van der Waals surface area contributed by atoms with Crippen molar-refractivity contribution >= 4 is 33.1 Å². The molecule has 1 N–H and O–H groups in total. The molecule has 1 aliphatic heterocycles. The number of sulfonamides is 1. The third-order valence-electron chi connectivity index (χ3n) is 3.93. The van der Waals surface area contributed by atoms with E-state index in [-0.39, 0.29) is 4.90 Å². The Kier molecular flexibility index (Phi) is 6.44. The average Bonchev–Trinajstić information content (AvgIpc) is 2.79. The van der Waals surface area contributed by atoms with Gasteiger partial charge in [0.25, 0.3) is 0 Å². The van der Waals surface area contributed by atoms with Gasteiger partial charge in [-0.2, -0.15) is 4.31 Å². The van der Waals surface area contributed by atoms with Gasteiger partial charge in [-0.25, -0.2) is 8.42 Å². The lowest BCUT2D eigenvalue weighted by molar-refractivity contribution is 0.445. The number of halogens is 1. The third kappa shape index (κ3) is 4.46. The van der Waals surface area contributed by atoms with E-state index in [9.17, 15) is 8.42 Å². The molecule has 0 amide bonds. The molecule has 0 saturated heterocycles. The minimum Gasteiger partial charge on any atom is -0.343 e. The highest BCUT2D eigenvalue weighted by Crippen LogP contribution is 2.27. The maximum Gasteiger partial charge on any atom is 0.243 e. The lowest BCUT2D eigenvalue weighted by Crippen LogP contribution is -2.30. The van der Waals surface area contributed by atoms with Gasteiger partial charge in [-0.1, -0.05) is 31.9 Å². The van der Waals surface area contributed by atoms with Gasteiger partial charge in [-0.15, -0.1) is 0 Å². The Balaban J connectivity index is 2.30. The van der Waals surface area contributed by atoms with Gasteiger partial charge in [0.1, 0.15) is 5.84 Å². The van der Waals surface area contributed by atoms with E-state index in [0.29, 0.717) is 23.8 Å². The molecule has 128 valence electrons. The van der Waals surface area contributed by atoms with Crippen LogP contribution in [0.15, 0.2) is 28.1 Å². The first-order chi connectivity index (χ1) is 11.0. The number of anilines is 1. The van der Waals surface area contributed by atoms with E-state index in [0.717, 1.165) is 31.6 Å². The van der Waals surface area contributed by atoms with Gasteiger partial charge < -0.3 is 5.32 Å². The average molecular weight is 358 g/mol. The summed E-state index contributed by atoms with van der Waals surface area (Å²) in [7, 11) is -3.49. The highest BCUT2D eigenvalue weighted by atomic mass is 35.5. The zero-order valence-corrected chi connectivity index (χ0v) is 15.3. The fourth-order valence-corrected chi connectivity index (χ4v) is 4.25. The Morgan fingerprint density at radius 2 is 1.96 bits per heavy atom. The Bertz CT molecular complexity index is 670. The molecule has 1 aromatic carbocycles. The first-order valence-corrected chi connectivity index (χ1v) is 9.91. The summed E-state index contributed by atoms with van der Waals surface area (Å²) >= 11 is 6.23. The number of nitrogens with one attached hydrogen (secondary N) is 1. The second-order valence-electron chi connectivity index (χ2n) is 5.50. The van der Waals surface area contributed by atoms with E-state index in [4.69, 9.17) is 11.6 Å². The molecule has 7 heteroatoms. The first-order valence-electron chi connectivity index (χ1n) is 8.09. The Hall–Kier alpha value is -1.11. The van der Waals surface area contributed by atoms with Crippen molar-refractivity contribution in [3.63, 3.8) is 0 Å². The molecule has 0 unspecified atom stereocenters. The van der Waals surface area contributed by atoms with Crippen LogP contribution in [0, 0.1) is 0 Å². The molecule has 2 rings (SSSR count). The number of hydrogen-bond donors (Lipinski definition) is 1. The molecule has 0 saturated carbocycles. The molecule has 23 heavy (non-hydrogen) atoms. The van der Waals surface area contributed by atoms with E-state index in [1.807, 2.05) is 13.8 Å². The maximum absolute atomic E-state index is 12.6. The minimum atomic E-state index is -3.49. The summed E-state index contributed by atoms with van der Waals surface area (Å²) in [5.74, 6) is 0.877. The van der Waals surface area contributed by atoms with Crippen molar-refractivity contribution in [1.82, 2.24) is 4.31 Å². The third-order valence-corrected chi connectivity index (χ3v) is 6.31. The smallest absolute Gasteiger partial charge is 0.243 e. The summed E-state index contributed by atoms with van der Waals surface area (Å²) in [4.78, 5) is 4.76. The number of nitrogens with zero attached hydrogens (tertiary/aromatic N) is 2. The van der Waals surface area contributed by atoms with Gasteiger partial charge in [0.2, 0.25) is 10.0 Å². The van der Waals surface area contributed by atoms with Crippen molar-refractivity contribution in [3.8, 4) is 0 Å². The van der Waals surface area contributed by atoms with Gasteiger partial charge in [-0.3, -0.25) is 4.99 Å². The van der Waals surface area contributed by atoms with Crippen LogP contribution < -0.4 is 5.32 Å². The predicted octanol–water partition coefficient (Wildman–Crippen LogP) is 3.75. The second kappa shape index (κ2) is 8.13. The summed E-state index contributed by atoms with van der Waals surface area (Å²) in [5, 5.41) is 3.71. The van der Waals surface area contributed by atoms with Crippen molar-refractivity contribution in [2.45, 2.75) is 44.4 Å². The van der Waals surface area contributed by atoms with Crippen LogP contribution in [0.4, 0.5) is 5.69 Å². The molecule has 0 fully saturated rings. The molecule has 0 bridgehead atoms. The van der Waals surface area contributed by atoms with Crippen molar-refractivity contribution in [1.29, 1.82) is 0 Å². The molecule has 5 nitrogen and oxygen atoms in total. The van der Waals surface area contributed by atoms with Gasteiger partial charge in [0.05, 0.1) is 15.6 Å². The lowest BCUT2D eigenvalue weighted by Gasteiger charge is -2.19. The van der Waals surface area contributed by atoms with Crippen LogP contribution in [0.1, 0.15) is 39.5 Å². The van der Waals surface area contributed by atoms with E-state index in [2.05, 4.69) is 10.3 Å². The summed E-state index contributed by atoms with van der Waals surface area (Å²) < 4.78 is 26.7. The monoisotopic (exact) mass is 357 g/mol. The molecule has 0 spiro atoms. The molecule has 0 aliphatic carbocycles. The van der Waals surface area contributed by atoms with Crippen molar-refractivity contribution in [2.75, 3.05) is 25.0 Å². The largest absolute Gasteiger partial charge is 0.343 e. The normalized spacial score (nSPS) is 16.1. The van der Waals surface area contributed by atoms with E-state index >= 15 is 0 Å². The Morgan fingerprint density at radius 3 is 2.65 bits per heavy atom. The van der Waals surface area contributed by atoms with Gasteiger partial charge in [0, 0.05) is 26.1 Å². The standard InChI is InChI=1S/C16H24ClN3O2S/c1-3-20(4-2)23(21,22)13-9-10-14(17)15(12-13)19-16-8-6-5-7-11-18-16/h9-10,12H,3-8,11H2,1-2H3,(H,18,19). The fraction of sp³-hybridized carbons (Fsp3) is 0.562. The number of aliphatic imine (C=N–C) groups is 1. The highest BCUT2D eigenvalue weighted by Gasteiger charge is 2.22. The molecule has 1 aromatic rings. The Labute approximate surface area is 143 Å². The molecular formula is C16H24ClN3O2S. The number of hydrogen-bond acceptors (Lipinski definition) is 4. The molecule has 0 radical (unpaired) electrons. The van der Waals surface area contributed by atoms with E-state index in [1.165, 1.54) is 10.7 Å². The van der Waals surface area contributed by atoms with Crippen molar-refractivity contribution in [2.24, 2.45) is 4.99 Å². The zero-order valence-electron chi connectivity index (χ0n) is 13.7. The van der Waals surface area contributed by atoms with Crippen molar-refractivity contribution < 1.29 is 8.42 Å². The van der Waals surface area contributed by atoms with Gasteiger partial charge >= 0.3 is 0 Å². The van der Waals surface area contributed by atoms with Gasteiger partial charge in [0.15, 0.2) is 0 Å². The minimum absolute atomic E-state index is 0.252. The van der Waals surface area contributed by atoms with Crippen LogP contribution in [0.5, 0.6) is 0 Å². The second-order valence-corrected chi connectivity index (χ2v) is 7.84. The summed E-state index contributed by atoms with van der Waals surface area (Å²) in [6, 6.07) is 4.77. The van der Waals surface area contributed by atoms with Crippen LogP contribution in [-0.2, 0) is 10.0 Å². The number of benzene rings is 1. The topological polar surface area (TPSA) is 61.8 Å².